The molecule has 0 amide bonds. The van der Waals surface area contributed by atoms with E-state index in [1.54, 1.807) is 0 Å². The minimum atomic E-state index is 1.06. The van der Waals surface area contributed by atoms with Crippen LogP contribution in [0.25, 0.3) is 27.8 Å². The molecule has 0 nitrogen and oxygen atoms in total. The highest BCUT2D eigenvalue weighted by Gasteiger charge is 2.24. The molecule has 0 heteroatoms. The number of allylic oxidation sites excluding steroid dienone is 13. The molecule has 0 spiro atoms. The topological polar surface area (TPSA) is 0 Å². The quantitative estimate of drug-likeness (QED) is 0.366. The van der Waals surface area contributed by atoms with E-state index in [2.05, 4.69) is 113 Å². The molecule has 1 aliphatic rings. The lowest BCUT2D eigenvalue weighted by molar-refractivity contribution is 1.04. The number of benzene rings is 2. The smallest absolute Gasteiger partial charge is 0.00668 e. The molecule has 0 heterocycles. The molecule has 166 valence electrons. The molecule has 0 aliphatic heterocycles. The third kappa shape index (κ3) is 4.91. The maximum Gasteiger partial charge on any atom is -0.00668 e. The first-order valence-electron chi connectivity index (χ1n) is 11.6. The Labute approximate surface area is 200 Å². The Bertz CT molecular complexity index is 1200. The van der Waals surface area contributed by atoms with Crippen LogP contribution in [0.3, 0.4) is 0 Å². The summed E-state index contributed by atoms with van der Waals surface area (Å²) in [4.78, 5) is 0. The Hall–Kier alpha value is -3.64. The normalized spacial score (nSPS) is 14.3. The van der Waals surface area contributed by atoms with Crippen LogP contribution >= 0.6 is 0 Å². The van der Waals surface area contributed by atoms with Gasteiger partial charge in [0.1, 0.15) is 0 Å². The molecule has 2 aromatic carbocycles. The van der Waals surface area contributed by atoms with Gasteiger partial charge in [-0.2, -0.15) is 0 Å². The van der Waals surface area contributed by atoms with Gasteiger partial charge in [-0.25, -0.2) is 0 Å². The average Bonchev–Trinajstić information content (AvgIpc) is 2.84. The van der Waals surface area contributed by atoms with Crippen molar-refractivity contribution in [2.24, 2.45) is 0 Å². The van der Waals surface area contributed by atoms with E-state index < -0.39 is 0 Å². The van der Waals surface area contributed by atoms with E-state index in [0.29, 0.717) is 0 Å². The second-order valence-corrected chi connectivity index (χ2v) is 8.17. The van der Waals surface area contributed by atoms with E-state index in [-0.39, 0.29) is 0 Å². The zero-order valence-electron chi connectivity index (χ0n) is 20.2. The van der Waals surface area contributed by atoms with Gasteiger partial charge in [0.05, 0.1) is 0 Å². The van der Waals surface area contributed by atoms with Crippen molar-refractivity contribution in [1.29, 1.82) is 0 Å². The molecule has 0 aromatic heterocycles. The van der Waals surface area contributed by atoms with Gasteiger partial charge in [-0.3, -0.25) is 0 Å². The molecule has 0 fully saturated rings. The fourth-order valence-electron chi connectivity index (χ4n) is 4.76. The zero-order valence-corrected chi connectivity index (χ0v) is 20.2. The largest absolute Gasteiger partial charge is 0.0990 e. The third-order valence-electron chi connectivity index (χ3n) is 6.08. The monoisotopic (exact) mass is 430 g/mol. The van der Waals surface area contributed by atoms with Crippen molar-refractivity contribution >= 4 is 16.7 Å². The summed E-state index contributed by atoms with van der Waals surface area (Å²) in [6.45, 7) is 18.6. The molecule has 0 bridgehead atoms. The Morgan fingerprint density at radius 2 is 1.45 bits per heavy atom. The van der Waals surface area contributed by atoms with Crippen LogP contribution in [0.15, 0.2) is 111 Å². The maximum atomic E-state index is 4.14. The summed E-state index contributed by atoms with van der Waals surface area (Å²) >= 11 is 0. The van der Waals surface area contributed by atoms with Crippen LogP contribution in [0.1, 0.15) is 47.6 Å². The van der Waals surface area contributed by atoms with Crippen LogP contribution in [0.5, 0.6) is 0 Å². The summed E-state index contributed by atoms with van der Waals surface area (Å²) in [5.41, 5.74) is 12.2. The number of hydrogen-bond acceptors (Lipinski definition) is 0. The molecule has 0 unspecified atom stereocenters. The van der Waals surface area contributed by atoms with Crippen molar-refractivity contribution in [3.8, 4) is 11.1 Å². The van der Waals surface area contributed by atoms with E-state index in [0.717, 1.165) is 18.4 Å². The van der Waals surface area contributed by atoms with Gasteiger partial charge in [0.25, 0.3) is 0 Å². The van der Waals surface area contributed by atoms with Crippen LogP contribution in [-0.2, 0) is 0 Å². The van der Waals surface area contributed by atoms with Crippen LogP contribution in [0, 0.1) is 13.8 Å². The van der Waals surface area contributed by atoms with Crippen molar-refractivity contribution in [1.82, 2.24) is 0 Å². The maximum absolute atomic E-state index is 4.14. The van der Waals surface area contributed by atoms with E-state index in [1.807, 2.05) is 18.2 Å². The predicted octanol–water partition coefficient (Wildman–Crippen LogP) is 9.60. The van der Waals surface area contributed by atoms with Gasteiger partial charge >= 0.3 is 0 Å². The minimum Gasteiger partial charge on any atom is -0.0990 e. The average molecular weight is 431 g/mol. The van der Waals surface area contributed by atoms with Crippen molar-refractivity contribution in [2.75, 3.05) is 0 Å². The van der Waals surface area contributed by atoms with Gasteiger partial charge in [-0.15, -0.1) is 0 Å². The summed E-state index contributed by atoms with van der Waals surface area (Å²) in [6, 6.07) is 10.6. The molecule has 0 N–H and O–H groups in total. The van der Waals surface area contributed by atoms with Crippen LogP contribution in [0.2, 0.25) is 0 Å². The predicted molar refractivity (Wildman–Crippen MR) is 149 cm³/mol. The Kier molecular flexibility index (Phi) is 8.22. The van der Waals surface area contributed by atoms with Gasteiger partial charge in [0, 0.05) is 0 Å². The minimum absolute atomic E-state index is 1.06. The molecular formula is C33H34. The first-order valence-corrected chi connectivity index (χ1v) is 11.6. The lowest BCUT2D eigenvalue weighted by atomic mass is 9.77. The third-order valence-corrected chi connectivity index (χ3v) is 6.08. The SMILES string of the molecule is C=C/C=C(\C=C/C)c1c(C)c(-c2ccccc2)c(/C(C=C)=C/C=C)c(C)c1C1=CCCC=C1. The lowest BCUT2D eigenvalue weighted by Gasteiger charge is -2.27. The molecule has 2 aromatic rings. The summed E-state index contributed by atoms with van der Waals surface area (Å²) in [5, 5.41) is 0. The summed E-state index contributed by atoms with van der Waals surface area (Å²) in [6.07, 6.45) is 23.2. The molecule has 0 saturated heterocycles. The zero-order chi connectivity index (χ0) is 23.8. The van der Waals surface area contributed by atoms with Gasteiger partial charge in [0.2, 0.25) is 0 Å². The molecule has 33 heavy (non-hydrogen) atoms. The van der Waals surface area contributed by atoms with Gasteiger partial charge in [0.15, 0.2) is 0 Å². The fourth-order valence-corrected chi connectivity index (χ4v) is 4.76. The van der Waals surface area contributed by atoms with Gasteiger partial charge in [-0.05, 0) is 89.3 Å². The highest BCUT2D eigenvalue weighted by atomic mass is 14.3. The van der Waals surface area contributed by atoms with Crippen LogP contribution in [-0.4, -0.2) is 0 Å². The van der Waals surface area contributed by atoms with Crippen molar-refractivity contribution in [2.45, 2.75) is 33.6 Å². The Morgan fingerprint density at radius 3 is 2.03 bits per heavy atom. The Balaban J connectivity index is 2.60. The summed E-state index contributed by atoms with van der Waals surface area (Å²) < 4.78 is 0. The van der Waals surface area contributed by atoms with Crippen molar-refractivity contribution in [3.63, 3.8) is 0 Å². The first-order chi connectivity index (χ1) is 16.1. The molecule has 0 radical (unpaired) electrons. The van der Waals surface area contributed by atoms with E-state index in [4.69, 9.17) is 0 Å². The van der Waals surface area contributed by atoms with E-state index >= 15 is 0 Å². The summed E-state index contributed by atoms with van der Waals surface area (Å²) in [7, 11) is 0. The fraction of sp³-hybridized carbons (Fsp3) is 0.152. The molecule has 3 rings (SSSR count). The molecular weight excluding hydrogens is 396 g/mol. The highest BCUT2D eigenvalue weighted by molar-refractivity contribution is 5.99. The van der Waals surface area contributed by atoms with Crippen LogP contribution in [0.4, 0.5) is 0 Å². The van der Waals surface area contributed by atoms with Crippen molar-refractivity contribution < 1.29 is 0 Å². The molecule has 0 atom stereocenters. The van der Waals surface area contributed by atoms with Gasteiger partial charge in [-0.1, -0.05) is 111 Å². The Morgan fingerprint density at radius 1 is 0.818 bits per heavy atom. The van der Waals surface area contributed by atoms with Crippen molar-refractivity contribution in [3.05, 3.63) is 139 Å². The standard InChI is InChI=1S/C33H34/c1-7-17-26(10-4)30-24(5)33(29-22-15-12-16-23-29)31(27(18-8-2)19-9-3)25(6)32(30)28-20-13-11-14-21-28/h7-11,13-15,17-23H,1-2,4,12,16H2,3,5-6H3/b19-9-,26-17+,27-18+. The highest BCUT2D eigenvalue weighted by Crippen LogP contribution is 2.44. The molecule has 1 aliphatic carbocycles. The lowest BCUT2D eigenvalue weighted by Crippen LogP contribution is -2.07. The van der Waals surface area contributed by atoms with Crippen LogP contribution < -0.4 is 0 Å². The second-order valence-electron chi connectivity index (χ2n) is 8.17. The first kappa shape index (κ1) is 24.0. The molecule has 0 saturated carbocycles. The summed E-state index contributed by atoms with van der Waals surface area (Å²) in [5.74, 6) is 0. The number of hydrogen-bond donors (Lipinski definition) is 0. The number of rotatable bonds is 8. The second kappa shape index (κ2) is 11.3. The van der Waals surface area contributed by atoms with E-state index in [1.165, 1.54) is 50.1 Å². The van der Waals surface area contributed by atoms with E-state index in [9.17, 15) is 0 Å². The van der Waals surface area contributed by atoms with Gasteiger partial charge < -0.3 is 0 Å².